The number of hydrogen-bond acceptors (Lipinski definition) is 3. The summed E-state index contributed by atoms with van der Waals surface area (Å²) in [7, 11) is 0. The van der Waals surface area contributed by atoms with Gasteiger partial charge in [0.15, 0.2) is 0 Å². The summed E-state index contributed by atoms with van der Waals surface area (Å²) in [5.41, 5.74) is 1.16. The van der Waals surface area contributed by atoms with Gasteiger partial charge in [-0.05, 0) is 30.9 Å². The Labute approximate surface area is 109 Å². The van der Waals surface area contributed by atoms with Crippen molar-refractivity contribution in [3.8, 4) is 6.07 Å². The van der Waals surface area contributed by atoms with Crippen LogP contribution in [0.25, 0.3) is 0 Å². The minimum atomic E-state index is 0.112. The fourth-order valence-electron chi connectivity index (χ4n) is 1.90. The van der Waals surface area contributed by atoms with Crippen LogP contribution in [0.5, 0.6) is 0 Å². The zero-order chi connectivity index (χ0) is 13.2. The van der Waals surface area contributed by atoms with E-state index >= 15 is 0 Å². The molecule has 0 saturated heterocycles. The number of rotatable bonds is 8. The second-order valence-electron chi connectivity index (χ2n) is 4.71. The van der Waals surface area contributed by atoms with E-state index in [0.29, 0.717) is 12.3 Å². The van der Waals surface area contributed by atoms with Gasteiger partial charge in [0.1, 0.15) is 0 Å². The molecule has 3 nitrogen and oxygen atoms in total. The minimum absolute atomic E-state index is 0.112. The smallest absolute Gasteiger partial charge is 0.0641 e. The Hall–Kier alpha value is -1.37. The first-order valence-electron chi connectivity index (χ1n) is 6.54. The summed E-state index contributed by atoms with van der Waals surface area (Å²) < 4.78 is 0. The van der Waals surface area contributed by atoms with E-state index in [-0.39, 0.29) is 12.6 Å². The summed E-state index contributed by atoms with van der Waals surface area (Å²) in [5.74, 6) is 0.359. The quantitative estimate of drug-likeness (QED) is 0.693. The van der Waals surface area contributed by atoms with Crippen molar-refractivity contribution in [3.63, 3.8) is 0 Å². The lowest BCUT2D eigenvalue weighted by atomic mass is 10.0. The van der Waals surface area contributed by atoms with Gasteiger partial charge in [-0.25, -0.2) is 0 Å². The third-order valence-electron chi connectivity index (χ3n) is 3.07. The van der Waals surface area contributed by atoms with Crippen LogP contribution in [0, 0.1) is 17.2 Å². The van der Waals surface area contributed by atoms with Crippen LogP contribution in [0.3, 0.4) is 0 Å². The molecular weight excluding hydrogens is 224 g/mol. The number of aliphatic hydroxyl groups excluding tert-OH is 1. The SMILES string of the molecule is CC(CO)CCCNC(CC#N)c1ccccc1. The lowest BCUT2D eigenvalue weighted by Crippen LogP contribution is -2.22. The Bertz CT molecular complexity index is 359. The maximum absolute atomic E-state index is 8.94. The normalized spacial score (nSPS) is 13.8. The average molecular weight is 246 g/mol. The molecule has 0 aromatic heterocycles. The third-order valence-corrected chi connectivity index (χ3v) is 3.07. The van der Waals surface area contributed by atoms with Crippen molar-refractivity contribution in [2.75, 3.05) is 13.2 Å². The van der Waals surface area contributed by atoms with Gasteiger partial charge in [0, 0.05) is 12.6 Å². The maximum Gasteiger partial charge on any atom is 0.0641 e. The van der Waals surface area contributed by atoms with Gasteiger partial charge in [0.2, 0.25) is 0 Å². The van der Waals surface area contributed by atoms with E-state index in [0.717, 1.165) is 24.9 Å². The summed E-state index contributed by atoms with van der Waals surface area (Å²) in [5, 5.41) is 21.2. The van der Waals surface area contributed by atoms with Crippen LogP contribution in [0.4, 0.5) is 0 Å². The third kappa shape index (κ3) is 5.31. The topological polar surface area (TPSA) is 56.0 Å². The Morgan fingerprint density at radius 2 is 2.06 bits per heavy atom. The molecule has 0 spiro atoms. The predicted octanol–water partition coefficient (Wildman–Crippen LogP) is 2.64. The molecule has 2 N–H and O–H groups in total. The second-order valence-corrected chi connectivity index (χ2v) is 4.71. The highest BCUT2D eigenvalue weighted by Gasteiger charge is 2.09. The number of benzene rings is 1. The average Bonchev–Trinajstić information content (AvgIpc) is 2.43. The fraction of sp³-hybridized carbons (Fsp3) is 0.533. The summed E-state index contributed by atoms with van der Waals surface area (Å²) in [6.45, 7) is 3.18. The molecule has 0 saturated carbocycles. The molecule has 0 fully saturated rings. The molecule has 0 amide bonds. The van der Waals surface area contributed by atoms with E-state index in [1.807, 2.05) is 37.3 Å². The van der Waals surface area contributed by atoms with E-state index in [4.69, 9.17) is 10.4 Å². The van der Waals surface area contributed by atoms with Crippen molar-refractivity contribution in [3.05, 3.63) is 35.9 Å². The zero-order valence-corrected chi connectivity index (χ0v) is 11.0. The summed E-state index contributed by atoms with van der Waals surface area (Å²) >= 11 is 0. The van der Waals surface area contributed by atoms with Crippen LogP contribution in [-0.4, -0.2) is 18.3 Å². The molecule has 1 rings (SSSR count). The standard InChI is InChI=1S/C15H22N2O/c1-13(12-18)6-5-11-17-15(9-10-16)14-7-3-2-4-8-14/h2-4,7-8,13,15,17-18H,5-6,9,11-12H2,1H3. The minimum Gasteiger partial charge on any atom is -0.396 e. The number of nitriles is 1. The molecule has 0 aliphatic heterocycles. The van der Waals surface area contributed by atoms with Gasteiger partial charge >= 0.3 is 0 Å². The van der Waals surface area contributed by atoms with Crippen LogP contribution in [0.2, 0.25) is 0 Å². The van der Waals surface area contributed by atoms with Crippen LogP contribution in [0.1, 0.15) is 37.8 Å². The lowest BCUT2D eigenvalue weighted by Gasteiger charge is -2.16. The number of nitrogens with zero attached hydrogens (tertiary/aromatic N) is 1. The Morgan fingerprint density at radius 3 is 2.67 bits per heavy atom. The number of nitrogens with one attached hydrogen (secondary N) is 1. The first-order chi connectivity index (χ1) is 8.77. The molecule has 18 heavy (non-hydrogen) atoms. The highest BCUT2D eigenvalue weighted by Crippen LogP contribution is 2.16. The molecule has 98 valence electrons. The van der Waals surface area contributed by atoms with Gasteiger partial charge in [-0.1, -0.05) is 37.3 Å². The molecule has 1 aromatic carbocycles. The van der Waals surface area contributed by atoms with Gasteiger partial charge in [-0.2, -0.15) is 5.26 Å². The van der Waals surface area contributed by atoms with Crippen LogP contribution >= 0.6 is 0 Å². The summed E-state index contributed by atoms with van der Waals surface area (Å²) in [6.07, 6.45) is 2.52. The number of hydrogen-bond donors (Lipinski definition) is 2. The monoisotopic (exact) mass is 246 g/mol. The van der Waals surface area contributed by atoms with Gasteiger partial charge in [-0.15, -0.1) is 0 Å². The van der Waals surface area contributed by atoms with Crippen LogP contribution in [0.15, 0.2) is 30.3 Å². The Morgan fingerprint density at radius 1 is 1.33 bits per heavy atom. The van der Waals surface area contributed by atoms with Crippen molar-refractivity contribution in [1.82, 2.24) is 5.32 Å². The van der Waals surface area contributed by atoms with Crippen molar-refractivity contribution in [2.45, 2.75) is 32.2 Å². The van der Waals surface area contributed by atoms with E-state index in [1.54, 1.807) is 0 Å². The molecule has 0 aliphatic carbocycles. The molecule has 0 bridgehead atoms. The molecule has 2 unspecified atom stereocenters. The predicted molar refractivity (Wildman–Crippen MR) is 72.9 cm³/mol. The second kappa shape index (κ2) is 8.68. The van der Waals surface area contributed by atoms with Crippen molar-refractivity contribution < 1.29 is 5.11 Å². The molecule has 0 aliphatic rings. The van der Waals surface area contributed by atoms with Crippen molar-refractivity contribution >= 4 is 0 Å². The lowest BCUT2D eigenvalue weighted by molar-refractivity contribution is 0.227. The van der Waals surface area contributed by atoms with Crippen LogP contribution in [-0.2, 0) is 0 Å². The summed E-state index contributed by atoms with van der Waals surface area (Å²) in [4.78, 5) is 0. The Balaban J connectivity index is 2.38. The summed E-state index contributed by atoms with van der Waals surface area (Å²) in [6, 6.07) is 12.4. The Kier molecular flexibility index (Phi) is 7.09. The maximum atomic E-state index is 8.94. The van der Waals surface area contributed by atoms with E-state index in [9.17, 15) is 0 Å². The first kappa shape index (κ1) is 14.7. The first-order valence-corrected chi connectivity index (χ1v) is 6.54. The van der Waals surface area contributed by atoms with Gasteiger partial charge in [0.25, 0.3) is 0 Å². The molecule has 1 aromatic rings. The van der Waals surface area contributed by atoms with Crippen molar-refractivity contribution in [2.24, 2.45) is 5.92 Å². The van der Waals surface area contributed by atoms with Gasteiger partial charge in [-0.3, -0.25) is 0 Å². The largest absolute Gasteiger partial charge is 0.396 e. The van der Waals surface area contributed by atoms with Crippen LogP contribution < -0.4 is 5.32 Å². The highest BCUT2D eigenvalue weighted by atomic mass is 16.3. The molecule has 0 radical (unpaired) electrons. The van der Waals surface area contributed by atoms with Crippen molar-refractivity contribution in [1.29, 1.82) is 5.26 Å². The van der Waals surface area contributed by atoms with E-state index < -0.39 is 0 Å². The number of aliphatic hydroxyl groups is 1. The molecule has 0 heterocycles. The van der Waals surface area contributed by atoms with Gasteiger partial charge < -0.3 is 10.4 Å². The highest BCUT2D eigenvalue weighted by molar-refractivity contribution is 5.19. The molecular formula is C15H22N2O. The fourth-order valence-corrected chi connectivity index (χ4v) is 1.90. The van der Waals surface area contributed by atoms with Gasteiger partial charge in [0.05, 0.1) is 12.5 Å². The zero-order valence-electron chi connectivity index (χ0n) is 11.0. The molecule has 3 heteroatoms. The van der Waals surface area contributed by atoms with E-state index in [1.165, 1.54) is 0 Å². The van der Waals surface area contributed by atoms with E-state index in [2.05, 4.69) is 11.4 Å². The molecule has 2 atom stereocenters.